The van der Waals surface area contributed by atoms with Crippen LogP contribution in [-0.2, 0) is 4.79 Å². The largest absolute Gasteiger partial charge is 0.377 e. The Morgan fingerprint density at radius 3 is 2.00 bits per heavy atom. The molecule has 0 spiro atoms. The fraction of sp³-hybridized carbons (Fsp3) is 0.750. The first kappa shape index (κ1) is 7.55. The Balaban J connectivity index is 3.90. The van der Waals surface area contributed by atoms with Crippen molar-refractivity contribution >= 4 is 6.29 Å². The molecule has 48 valence electrons. The molecule has 4 heteroatoms. The normalized spacial score (nSPS) is 18.1. The molecule has 0 fully saturated rings. The molecule has 0 bridgehead atoms. The molecule has 0 amide bonds. The molecule has 0 aromatic heterocycles. The average molecular weight is 120 g/mol. The molecule has 0 aromatic carbocycles. The van der Waals surface area contributed by atoms with Gasteiger partial charge in [-0.3, -0.25) is 4.79 Å². The first-order chi connectivity index (χ1) is 3.50. The Kier molecular flexibility index (Phi) is 2.09. The minimum Gasteiger partial charge on any atom is -0.377 e. The first-order valence-corrected chi connectivity index (χ1v) is 2.05. The van der Waals surface area contributed by atoms with Gasteiger partial charge in [-0.25, -0.2) is 0 Å². The summed E-state index contributed by atoms with van der Waals surface area (Å²) in [5.74, 6) is 0. The Bertz CT molecular complexity index is 86.0. The third-order valence-corrected chi connectivity index (χ3v) is 0.761. The quantitative estimate of drug-likeness (QED) is 0.298. The Labute approximate surface area is 46.4 Å². The van der Waals surface area contributed by atoms with Crippen LogP contribution < -0.4 is 0 Å². The second-order valence-electron chi connectivity index (χ2n) is 1.72. The van der Waals surface area contributed by atoms with Crippen molar-refractivity contribution in [1.82, 2.24) is 0 Å². The fourth-order valence-corrected chi connectivity index (χ4v) is 0.0609. The zero-order valence-electron chi connectivity index (χ0n) is 4.40. The zero-order valence-corrected chi connectivity index (χ0v) is 4.40. The fourth-order valence-electron chi connectivity index (χ4n) is 0.0609. The number of aliphatic hydroxyl groups is 3. The molecule has 3 N–H and O–H groups in total. The minimum atomic E-state index is -2.03. The lowest BCUT2D eigenvalue weighted by molar-refractivity contribution is -0.175. The topological polar surface area (TPSA) is 77.8 Å². The van der Waals surface area contributed by atoms with Gasteiger partial charge in [0, 0.05) is 0 Å². The van der Waals surface area contributed by atoms with E-state index in [1.807, 2.05) is 0 Å². The van der Waals surface area contributed by atoms with E-state index < -0.39 is 11.9 Å². The molecule has 8 heavy (non-hydrogen) atoms. The zero-order chi connectivity index (χ0) is 6.78. The highest BCUT2D eigenvalue weighted by Crippen LogP contribution is 2.01. The van der Waals surface area contributed by atoms with Crippen LogP contribution in [0.1, 0.15) is 6.92 Å². The van der Waals surface area contributed by atoms with Crippen molar-refractivity contribution in [2.24, 2.45) is 0 Å². The Morgan fingerprint density at radius 1 is 1.62 bits per heavy atom. The van der Waals surface area contributed by atoms with E-state index in [2.05, 4.69) is 0 Å². The number of carbonyl (C=O) groups excluding carboxylic acids is 1. The van der Waals surface area contributed by atoms with Gasteiger partial charge in [-0.2, -0.15) is 0 Å². The standard InChI is InChI=1S/C4H8O4/c1-4(8,2-5)3(6)7/h2-3,6-8H,1H3. The molecule has 0 saturated carbocycles. The van der Waals surface area contributed by atoms with Crippen molar-refractivity contribution < 1.29 is 20.1 Å². The van der Waals surface area contributed by atoms with E-state index in [4.69, 9.17) is 15.3 Å². The summed E-state index contributed by atoms with van der Waals surface area (Å²) in [5.41, 5.74) is -2.03. The lowest BCUT2D eigenvalue weighted by Gasteiger charge is -2.16. The van der Waals surface area contributed by atoms with E-state index in [1.54, 1.807) is 0 Å². The number of aliphatic hydroxyl groups excluding tert-OH is 1. The summed E-state index contributed by atoms with van der Waals surface area (Å²) < 4.78 is 0. The van der Waals surface area contributed by atoms with Gasteiger partial charge in [0.25, 0.3) is 0 Å². The third-order valence-electron chi connectivity index (χ3n) is 0.761. The lowest BCUT2D eigenvalue weighted by Crippen LogP contribution is -2.40. The molecule has 0 saturated heterocycles. The van der Waals surface area contributed by atoms with Crippen molar-refractivity contribution in [1.29, 1.82) is 0 Å². The van der Waals surface area contributed by atoms with Crippen molar-refractivity contribution in [3.05, 3.63) is 0 Å². The van der Waals surface area contributed by atoms with Crippen LogP contribution in [-0.4, -0.2) is 33.5 Å². The predicted molar refractivity (Wildman–Crippen MR) is 24.9 cm³/mol. The molecular weight excluding hydrogens is 112 g/mol. The van der Waals surface area contributed by atoms with Crippen LogP contribution in [0.5, 0.6) is 0 Å². The predicted octanol–water partition coefficient (Wildman–Crippen LogP) is -1.75. The van der Waals surface area contributed by atoms with E-state index in [1.165, 1.54) is 0 Å². The molecular formula is C4H8O4. The maximum atomic E-state index is 9.70. The van der Waals surface area contributed by atoms with Gasteiger partial charge in [0.05, 0.1) is 0 Å². The van der Waals surface area contributed by atoms with E-state index in [0.717, 1.165) is 6.92 Å². The highest BCUT2D eigenvalue weighted by molar-refractivity contribution is 5.61. The number of hydrogen-bond acceptors (Lipinski definition) is 4. The monoisotopic (exact) mass is 120 g/mol. The van der Waals surface area contributed by atoms with Gasteiger partial charge in [-0.15, -0.1) is 0 Å². The Morgan fingerprint density at radius 2 is 2.00 bits per heavy atom. The van der Waals surface area contributed by atoms with Crippen molar-refractivity contribution in [2.45, 2.75) is 18.8 Å². The van der Waals surface area contributed by atoms with Crippen LogP contribution in [0.2, 0.25) is 0 Å². The van der Waals surface area contributed by atoms with Crippen LogP contribution in [0.25, 0.3) is 0 Å². The number of aldehydes is 1. The van der Waals surface area contributed by atoms with Crippen LogP contribution in [0.3, 0.4) is 0 Å². The van der Waals surface area contributed by atoms with Gasteiger partial charge in [0.15, 0.2) is 18.2 Å². The molecule has 0 aliphatic heterocycles. The first-order valence-electron chi connectivity index (χ1n) is 2.05. The summed E-state index contributed by atoms with van der Waals surface area (Å²) in [6.07, 6.45) is -1.93. The molecule has 0 aliphatic carbocycles. The molecule has 4 nitrogen and oxygen atoms in total. The second-order valence-corrected chi connectivity index (χ2v) is 1.72. The maximum absolute atomic E-state index is 9.70. The molecule has 0 aliphatic rings. The van der Waals surface area contributed by atoms with Gasteiger partial charge in [0.1, 0.15) is 0 Å². The SMILES string of the molecule is CC(O)(C=O)C(O)O. The van der Waals surface area contributed by atoms with Gasteiger partial charge < -0.3 is 15.3 Å². The van der Waals surface area contributed by atoms with Crippen LogP contribution in [0.4, 0.5) is 0 Å². The van der Waals surface area contributed by atoms with Gasteiger partial charge >= 0.3 is 0 Å². The maximum Gasteiger partial charge on any atom is 0.187 e. The molecule has 0 heterocycles. The summed E-state index contributed by atoms with van der Waals surface area (Å²) in [6.45, 7) is 1.00. The summed E-state index contributed by atoms with van der Waals surface area (Å²) in [4.78, 5) is 9.70. The van der Waals surface area contributed by atoms with E-state index >= 15 is 0 Å². The number of hydrogen-bond donors (Lipinski definition) is 3. The van der Waals surface area contributed by atoms with Crippen LogP contribution in [0, 0.1) is 0 Å². The summed E-state index contributed by atoms with van der Waals surface area (Å²) in [6, 6.07) is 0. The second kappa shape index (κ2) is 2.21. The van der Waals surface area contributed by atoms with E-state index in [-0.39, 0.29) is 6.29 Å². The van der Waals surface area contributed by atoms with Crippen molar-refractivity contribution in [3.63, 3.8) is 0 Å². The smallest absolute Gasteiger partial charge is 0.187 e. The number of rotatable bonds is 2. The summed E-state index contributed by atoms with van der Waals surface area (Å²) >= 11 is 0. The lowest BCUT2D eigenvalue weighted by atomic mass is 10.1. The van der Waals surface area contributed by atoms with Crippen molar-refractivity contribution in [3.8, 4) is 0 Å². The highest BCUT2D eigenvalue weighted by Gasteiger charge is 2.27. The van der Waals surface area contributed by atoms with Gasteiger partial charge in [0.2, 0.25) is 0 Å². The van der Waals surface area contributed by atoms with Crippen LogP contribution in [0.15, 0.2) is 0 Å². The van der Waals surface area contributed by atoms with Crippen LogP contribution >= 0.6 is 0 Å². The van der Waals surface area contributed by atoms with E-state index in [0.29, 0.717) is 0 Å². The average Bonchev–Trinajstić information content (AvgIpc) is 1.67. The molecule has 0 radical (unpaired) electrons. The van der Waals surface area contributed by atoms with Gasteiger partial charge in [-0.1, -0.05) is 0 Å². The van der Waals surface area contributed by atoms with Crippen molar-refractivity contribution in [2.75, 3.05) is 0 Å². The molecule has 0 aromatic rings. The summed E-state index contributed by atoms with van der Waals surface area (Å²) in [7, 11) is 0. The molecule has 1 unspecified atom stereocenters. The minimum absolute atomic E-state index is 0.0671. The number of carbonyl (C=O) groups is 1. The third kappa shape index (κ3) is 1.57. The molecule has 1 atom stereocenters. The van der Waals surface area contributed by atoms with Gasteiger partial charge in [-0.05, 0) is 6.92 Å². The van der Waals surface area contributed by atoms with E-state index in [9.17, 15) is 4.79 Å². The highest BCUT2D eigenvalue weighted by atomic mass is 16.5. The summed E-state index contributed by atoms with van der Waals surface area (Å²) in [5, 5.41) is 24.8. The molecule has 0 rings (SSSR count). The Hall–Kier alpha value is -0.450.